The summed E-state index contributed by atoms with van der Waals surface area (Å²) in [6.45, 7) is 0.146. The van der Waals surface area contributed by atoms with E-state index in [0.29, 0.717) is 5.56 Å². The lowest BCUT2D eigenvalue weighted by atomic mass is 10.1. The fraction of sp³-hybridized carbons (Fsp3) is 0.0909. The van der Waals surface area contributed by atoms with Gasteiger partial charge in [0.15, 0.2) is 5.78 Å². The minimum Gasteiger partial charge on any atom is -0.378 e. The van der Waals surface area contributed by atoms with Gasteiger partial charge >= 0.3 is 0 Å². The number of carbonyl (C=O) groups is 1. The summed E-state index contributed by atoms with van der Waals surface area (Å²) in [5, 5.41) is 10.8. The second-order valence-electron chi connectivity index (χ2n) is 2.74. The Morgan fingerprint density at radius 2 is 2.13 bits per heavy atom. The number of nitrogens with one attached hydrogen (secondary N) is 1. The third kappa shape index (κ3) is 3.61. The smallest absolute Gasteiger partial charge is 0.187 e. The van der Waals surface area contributed by atoms with Gasteiger partial charge in [-0.15, -0.1) is 0 Å². The van der Waals surface area contributed by atoms with Crippen LogP contribution in [0.4, 0.5) is 4.39 Å². The van der Waals surface area contributed by atoms with Crippen LogP contribution in [0.3, 0.4) is 0 Å². The van der Waals surface area contributed by atoms with E-state index in [0.717, 1.165) is 0 Å². The van der Waals surface area contributed by atoms with Crippen LogP contribution >= 0.6 is 0 Å². The molecule has 0 amide bonds. The van der Waals surface area contributed by atoms with Crippen LogP contribution in [0.1, 0.15) is 10.4 Å². The predicted octanol–water partition coefficient (Wildman–Crippen LogP) is 1.64. The molecule has 0 spiro atoms. The Balaban J connectivity index is 2.58. The summed E-state index contributed by atoms with van der Waals surface area (Å²) >= 11 is 0. The summed E-state index contributed by atoms with van der Waals surface area (Å²) in [7, 11) is 0. The van der Waals surface area contributed by atoms with Crippen LogP contribution in [-0.2, 0) is 0 Å². The Morgan fingerprint density at radius 1 is 1.47 bits per heavy atom. The van der Waals surface area contributed by atoms with Gasteiger partial charge in [-0.1, -0.05) is 0 Å². The maximum Gasteiger partial charge on any atom is 0.187 e. The van der Waals surface area contributed by atoms with Gasteiger partial charge in [0.2, 0.25) is 0 Å². The van der Waals surface area contributed by atoms with Crippen LogP contribution in [0, 0.1) is 17.1 Å². The van der Waals surface area contributed by atoms with Gasteiger partial charge in [-0.05, 0) is 24.3 Å². The summed E-state index contributed by atoms with van der Waals surface area (Å²) in [4.78, 5) is 11.4. The maximum atomic E-state index is 12.5. The highest BCUT2D eigenvalue weighted by molar-refractivity contribution is 6.04. The molecule has 0 bridgehead atoms. The highest BCUT2D eigenvalue weighted by Crippen LogP contribution is 2.03. The molecule has 0 aliphatic carbocycles. The van der Waals surface area contributed by atoms with Crippen molar-refractivity contribution >= 4 is 5.78 Å². The Labute approximate surface area is 86.8 Å². The zero-order chi connectivity index (χ0) is 11.1. The molecule has 1 N–H and O–H groups in total. The molecular formula is C11H9FN2O. The molecule has 1 aromatic carbocycles. The Bertz CT molecular complexity index is 404. The summed E-state index contributed by atoms with van der Waals surface area (Å²) in [6, 6.07) is 7.14. The van der Waals surface area contributed by atoms with Crippen LogP contribution in [0.5, 0.6) is 0 Å². The summed E-state index contributed by atoms with van der Waals surface area (Å²) < 4.78 is 12.5. The third-order valence-corrected chi connectivity index (χ3v) is 1.66. The molecule has 0 unspecified atom stereocenters. The first-order valence-corrected chi connectivity index (χ1v) is 4.31. The fourth-order valence-corrected chi connectivity index (χ4v) is 0.950. The number of hydrogen-bond donors (Lipinski definition) is 1. The molecule has 0 heterocycles. The van der Waals surface area contributed by atoms with Gasteiger partial charge in [0.1, 0.15) is 12.4 Å². The maximum absolute atomic E-state index is 12.5. The largest absolute Gasteiger partial charge is 0.378 e. The van der Waals surface area contributed by atoms with E-state index in [1.54, 1.807) is 0 Å². The molecule has 1 aromatic rings. The Hall–Kier alpha value is -2.15. The molecule has 4 heteroatoms. The number of hydrogen-bond acceptors (Lipinski definition) is 3. The quantitative estimate of drug-likeness (QED) is 0.351. The van der Waals surface area contributed by atoms with Crippen molar-refractivity contribution in [3.8, 4) is 6.07 Å². The van der Waals surface area contributed by atoms with Gasteiger partial charge in [0, 0.05) is 17.8 Å². The molecule has 3 nitrogen and oxygen atoms in total. The number of benzene rings is 1. The Kier molecular flexibility index (Phi) is 4.05. The molecule has 15 heavy (non-hydrogen) atoms. The Morgan fingerprint density at radius 3 is 2.73 bits per heavy atom. The minimum atomic E-state index is -0.377. The summed E-state index contributed by atoms with van der Waals surface area (Å²) in [5.74, 6) is -0.612. The van der Waals surface area contributed by atoms with Gasteiger partial charge in [-0.25, -0.2) is 4.39 Å². The molecule has 0 aliphatic heterocycles. The first-order valence-electron chi connectivity index (χ1n) is 4.31. The van der Waals surface area contributed by atoms with Gasteiger partial charge in [0.25, 0.3) is 0 Å². The number of halogens is 1. The average Bonchev–Trinajstić information content (AvgIpc) is 2.25. The van der Waals surface area contributed by atoms with E-state index in [2.05, 4.69) is 5.32 Å². The summed E-state index contributed by atoms with van der Waals surface area (Å²) in [5.41, 5.74) is 0.409. The van der Waals surface area contributed by atoms with E-state index < -0.39 is 0 Å². The lowest BCUT2D eigenvalue weighted by Gasteiger charge is -1.95. The predicted molar refractivity (Wildman–Crippen MR) is 53.5 cm³/mol. The lowest BCUT2D eigenvalue weighted by molar-refractivity contribution is 0.104. The van der Waals surface area contributed by atoms with E-state index in [9.17, 15) is 9.18 Å². The van der Waals surface area contributed by atoms with Crippen molar-refractivity contribution in [3.05, 3.63) is 47.9 Å². The van der Waals surface area contributed by atoms with Crippen LogP contribution in [0.2, 0.25) is 0 Å². The van der Waals surface area contributed by atoms with Crippen molar-refractivity contribution in [2.45, 2.75) is 0 Å². The molecule has 0 radical (unpaired) electrons. The lowest BCUT2D eigenvalue weighted by Crippen LogP contribution is -2.05. The second-order valence-corrected chi connectivity index (χ2v) is 2.74. The van der Waals surface area contributed by atoms with Crippen molar-refractivity contribution in [2.24, 2.45) is 0 Å². The van der Waals surface area contributed by atoms with E-state index in [1.165, 1.54) is 36.5 Å². The number of rotatable bonds is 4. The monoisotopic (exact) mass is 204 g/mol. The van der Waals surface area contributed by atoms with Crippen molar-refractivity contribution in [2.75, 3.05) is 6.54 Å². The molecule has 0 atom stereocenters. The molecule has 1 rings (SSSR count). The van der Waals surface area contributed by atoms with Crippen LogP contribution < -0.4 is 5.32 Å². The van der Waals surface area contributed by atoms with Gasteiger partial charge in [0.05, 0.1) is 6.07 Å². The fourth-order valence-electron chi connectivity index (χ4n) is 0.950. The minimum absolute atomic E-state index is 0.146. The molecule has 0 saturated carbocycles. The van der Waals surface area contributed by atoms with E-state index in [-0.39, 0.29) is 18.1 Å². The van der Waals surface area contributed by atoms with E-state index in [1.807, 2.05) is 6.07 Å². The van der Waals surface area contributed by atoms with Gasteiger partial charge in [-0.2, -0.15) is 5.26 Å². The molecular weight excluding hydrogens is 195 g/mol. The number of nitrogens with zero attached hydrogens (tertiary/aromatic N) is 1. The van der Waals surface area contributed by atoms with E-state index >= 15 is 0 Å². The highest BCUT2D eigenvalue weighted by atomic mass is 19.1. The SMILES string of the molecule is N#CCN/C=C\C(=O)c1ccc(F)cc1. The molecule has 0 aliphatic rings. The topological polar surface area (TPSA) is 52.9 Å². The molecule has 76 valence electrons. The third-order valence-electron chi connectivity index (χ3n) is 1.66. The first-order chi connectivity index (χ1) is 7.24. The molecule has 0 fully saturated rings. The van der Waals surface area contributed by atoms with Crippen molar-refractivity contribution in [1.29, 1.82) is 5.26 Å². The normalized spacial score (nSPS) is 9.87. The van der Waals surface area contributed by atoms with Crippen molar-refractivity contribution in [3.63, 3.8) is 0 Å². The first kappa shape index (κ1) is 10.9. The van der Waals surface area contributed by atoms with Gasteiger partial charge in [-0.3, -0.25) is 4.79 Å². The molecule has 0 saturated heterocycles. The van der Waals surface area contributed by atoms with E-state index in [4.69, 9.17) is 5.26 Å². The van der Waals surface area contributed by atoms with Crippen LogP contribution in [0.25, 0.3) is 0 Å². The van der Waals surface area contributed by atoms with Crippen molar-refractivity contribution in [1.82, 2.24) is 5.32 Å². The standard InChI is InChI=1S/C11H9FN2O/c12-10-3-1-9(2-4-10)11(15)5-7-14-8-6-13/h1-5,7,14H,8H2/b7-5-. The van der Waals surface area contributed by atoms with Crippen molar-refractivity contribution < 1.29 is 9.18 Å². The number of nitriles is 1. The second kappa shape index (κ2) is 5.55. The zero-order valence-electron chi connectivity index (χ0n) is 7.90. The van der Waals surface area contributed by atoms with Gasteiger partial charge < -0.3 is 5.32 Å². The zero-order valence-corrected chi connectivity index (χ0v) is 7.90. The van der Waals surface area contributed by atoms with Crippen LogP contribution in [0.15, 0.2) is 36.5 Å². The van der Waals surface area contributed by atoms with Crippen LogP contribution in [-0.4, -0.2) is 12.3 Å². The number of allylic oxidation sites excluding steroid dienone is 1. The highest BCUT2D eigenvalue weighted by Gasteiger charge is 2.00. The number of carbonyl (C=O) groups excluding carboxylic acids is 1. The summed E-state index contributed by atoms with van der Waals surface area (Å²) in [6.07, 6.45) is 2.69. The number of ketones is 1. The molecule has 0 aromatic heterocycles. The average molecular weight is 204 g/mol.